The predicted molar refractivity (Wildman–Crippen MR) is 90.3 cm³/mol. The lowest BCUT2D eigenvalue weighted by Crippen LogP contribution is -2.13. The highest BCUT2D eigenvalue weighted by Crippen LogP contribution is 2.29. The molecule has 0 unspecified atom stereocenters. The van der Waals surface area contributed by atoms with Crippen LogP contribution in [-0.2, 0) is 16.4 Å². The monoisotopic (exact) mass is 346 g/mol. The van der Waals surface area contributed by atoms with E-state index in [9.17, 15) is 8.42 Å². The van der Waals surface area contributed by atoms with Gasteiger partial charge in [0.05, 0.1) is 11.4 Å². The fourth-order valence-electron chi connectivity index (χ4n) is 2.35. The molecule has 1 N–H and O–H groups in total. The van der Waals surface area contributed by atoms with E-state index in [1.165, 1.54) is 6.07 Å². The molecule has 0 spiro atoms. The van der Waals surface area contributed by atoms with Crippen LogP contribution in [0.25, 0.3) is 11.5 Å². The van der Waals surface area contributed by atoms with E-state index in [4.69, 9.17) is 8.94 Å². The van der Waals surface area contributed by atoms with Crippen molar-refractivity contribution in [2.45, 2.75) is 32.3 Å². The summed E-state index contributed by atoms with van der Waals surface area (Å²) in [6.07, 6.45) is 0.721. The van der Waals surface area contributed by atoms with Gasteiger partial charge >= 0.3 is 0 Å². The number of rotatable bonds is 5. The molecule has 24 heavy (non-hydrogen) atoms. The van der Waals surface area contributed by atoms with Crippen LogP contribution in [0.2, 0.25) is 0 Å². The summed E-state index contributed by atoms with van der Waals surface area (Å²) in [5, 5.41) is 3.68. The number of para-hydroxylation sites is 1. The Hall–Kier alpha value is -2.54. The van der Waals surface area contributed by atoms with Crippen LogP contribution in [0, 0.1) is 13.8 Å². The van der Waals surface area contributed by atoms with Gasteiger partial charge in [-0.05, 0) is 44.0 Å². The van der Waals surface area contributed by atoms with Gasteiger partial charge in [-0.15, -0.1) is 0 Å². The van der Waals surface area contributed by atoms with Crippen LogP contribution in [0.15, 0.2) is 50.4 Å². The first kappa shape index (κ1) is 16.3. The fourth-order valence-corrected chi connectivity index (χ4v) is 3.39. The van der Waals surface area contributed by atoms with Gasteiger partial charge in [0.15, 0.2) is 5.76 Å². The molecule has 0 saturated heterocycles. The number of nitrogens with one attached hydrogen (secondary N) is 1. The van der Waals surface area contributed by atoms with Crippen LogP contribution in [0.4, 0.5) is 5.69 Å². The Kier molecular flexibility index (Phi) is 4.19. The van der Waals surface area contributed by atoms with Gasteiger partial charge in [0.2, 0.25) is 10.9 Å². The summed E-state index contributed by atoms with van der Waals surface area (Å²) in [5.41, 5.74) is 3.01. The van der Waals surface area contributed by atoms with Gasteiger partial charge in [0, 0.05) is 5.56 Å². The lowest BCUT2D eigenvalue weighted by Gasteiger charge is -2.09. The molecule has 0 aliphatic heterocycles. The maximum absolute atomic E-state index is 12.6. The summed E-state index contributed by atoms with van der Waals surface area (Å²) in [4.78, 5) is 0. The number of nitrogens with zero attached hydrogens (tertiary/aromatic N) is 1. The van der Waals surface area contributed by atoms with E-state index in [-0.39, 0.29) is 5.09 Å². The molecule has 2 aromatic heterocycles. The predicted octanol–water partition coefficient (Wildman–Crippen LogP) is 3.91. The summed E-state index contributed by atoms with van der Waals surface area (Å²) in [6, 6.07) is 10.2. The highest BCUT2D eigenvalue weighted by molar-refractivity contribution is 7.92. The summed E-state index contributed by atoms with van der Waals surface area (Å²) in [6.45, 7) is 5.62. The molecule has 1 aromatic carbocycles. The first-order chi connectivity index (χ1) is 11.4. The van der Waals surface area contributed by atoms with Crippen molar-refractivity contribution < 1.29 is 17.4 Å². The van der Waals surface area contributed by atoms with Gasteiger partial charge in [-0.2, -0.15) is 8.42 Å². The van der Waals surface area contributed by atoms with Gasteiger partial charge in [0.1, 0.15) is 0 Å². The zero-order valence-electron chi connectivity index (χ0n) is 13.7. The van der Waals surface area contributed by atoms with Crippen LogP contribution >= 0.6 is 0 Å². The number of aromatic nitrogens is 1. The van der Waals surface area contributed by atoms with Gasteiger partial charge in [-0.3, -0.25) is 4.72 Å². The van der Waals surface area contributed by atoms with E-state index in [0.29, 0.717) is 17.2 Å². The normalized spacial score (nSPS) is 11.6. The van der Waals surface area contributed by atoms with Crippen LogP contribution in [0.5, 0.6) is 0 Å². The lowest BCUT2D eigenvalue weighted by molar-refractivity contribution is 0.398. The maximum Gasteiger partial charge on any atom is 0.295 e. The summed E-state index contributed by atoms with van der Waals surface area (Å²) < 4.78 is 38.4. The molecule has 2 heterocycles. The molecule has 126 valence electrons. The third-order valence-corrected chi connectivity index (χ3v) is 5.11. The van der Waals surface area contributed by atoms with E-state index >= 15 is 0 Å². The van der Waals surface area contributed by atoms with E-state index in [0.717, 1.165) is 23.2 Å². The van der Waals surface area contributed by atoms with Crippen molar-refractivity contribution in [2.24, 2.45) is 0 Å². The molecule has 0 saturated carbocycles. The Morgan fingerprint density at radius 2 is 1.88 bits per heavy atom. The standard InChI is InChI=1S/C17H18N2O4S/c1-4-13-7-5-6-8-14(13)19-24(20,21)16-10-9-15(22-16)17-11(2)12(3)18-23-17/h5-10,19H,4H2,1-3H3. The van der Waals surface area contributed by atoms with Crippen LogP contribution in [-0.4, -0.2) is 13.6 Å². The zero-order chi connectivity index (χ0) is 17.3. The molecule has 0 aliphatic carbocycles. The van der Waals surface area contributed by atoms with Gasteiger partial charge < -0.3 is 8.94 Å². The summed E-state index contributed by atoms with van der Waals surface area (Å²) >= 11 is 0. The molecule has 3 rings (SSSR count). The summed E-state index contributed by atoms with van der Waals surface area (Å²) in [5.74, 6) is 0.764. The smallest absolute Gasteiger partial charge is 0.295 e. The molecule has 0 fully saturated rings. The number of benzene rings is 1. The molecule has 0 aliphatic rings. The second-order valence-corrected chi connectivity index (χ2v) is 7.07. The van der Waals surface area contributed by atoms with E-state index < -0.39 is 10.0 Å². The molecule has 0 atom stereocenters. The minimum Gasteiger partial charge on any atom is -0.439 e. The largest absolute Gasteiger partial charge is 0.439 e. The van der Waals surface area contributed by atoms with Crippen LogP contribution in [0.3, 0.4) is 0 Å². The van der Waals surface area contributed by atoms with Gasteiger partial charge in [-0.25, -0.2) is 0 Å². The highest BCUT2D eigenvalue weighted by Gasteiger charge is 2.22. The number of furan rings is 1. The molecule has 7 heteroatoms. The van der Waals surface area contributed by atoms with E-state index in [1.54, 1.807) is 18.2 Å². The molecule has 3 aromatic rings. The first-order valence-electron chi connectivity index (χ1n) is 7.56. The van der Waals surface area contributed by atoms with Gasteiger partial charge in [-0.1, -0.05) is 30.3 Å². The Balaban J connectivity index is 1.92. The number of sulfonamides is 1. The minimum atomic E-state index is -3.82. The quantitative estimate of drug-likeness (QED) is 0.757. The molecule has 0 radical (unpaired) electrons. The molecule has 0 amide bonds. The number of aryl methyl sites for hydroxylation is 2. The SMILES string of the molecule is CCc1ccccc1NS(=O)(=O)c1ccc(-c2onc(C)c2C)o1. The van der Waals surface area contributed by atoms with Crippen molar-refractivity contribution in [1.82, 2.24) is 5.16 Å². The minimum absolute atomic E-state index is 0.170. The van der Waals surface area contributed by atoms with Crippen LogP contribution in [0.1, 0.15) is 23.7 Å². The fraction of sp³-hybridized carbons (Fsp3) is 0.235. The van der Waals surface area contributed by atoms with Crippen molar-refractivity contribution in [3.05, 3.63) is 53.2 Å². The van der Waals surface area contributed by atoms with Crippen molar-refractivity contribution >= 4 is 15.7 Å². The van der Waals surface area contributed by atoms with Crippen molar-refractivity contribution in [3.8, 4) is 11.5 Å². The van der Waals surface area contributed by atoms with Crippen molar-refractivity contribution in [3.63, 3.8) is 0 Å². The van der Waals surface area contributed by atoms with Crippen molar-refractivity contribution in [2.75, 3.05) is 4.72 Å². The lowest BCUT2D eigenvalue weighted by atomic mass is 10.1. The highest BCUT2D eigenvalue weighted by atomic mass is 32.2. The van der Waals surface area contributed by atoms with Crippen molar-refractivity contribution in [1.29, 1.82) is 0 Å². The Labute approximate surface area is 140 Å². The maximum atomic E-state index is 12.6. The average Bonchev–Trinajstić information content (AvgIpc) is 3.16. The second kappa shape index (κ2) is 6.16. The Morgan fingerprint density at radius 1 is 1.12 bits per heavy atom. The van der Waals surface area contributed by atoms with E-state index in [2.05, 4.69) is 9.88 Å². The Bertz CT molecular complexity index is 970. The third-order valence-electron chi connectivity index (χ3n) is 3.87. The molecular formula is C17H18N2O4S. The molecular weight excluding hydrogens is 328 g/mol. The summed E-state index contributed by atoms with van der Waals surface area (Å²) in [7, 11) is -3.82. The Morgan fingerprint density at radius 3 is 2.54 bits per heavy atom. The number of anilines is 1. The number of hydrogen-bond donors (Lipinski definition) is 1. The third kappa shape index (κ3) is 2.94. The molecule has 6 nitrogen and oxygen atoms in total. The number of hydrogen-bond acceptors (Lipinski definition) is 5. The average molecular weight is 346 g/mol. The zero-order valence-corrected chi connectivity index (χ0v) is 14.5. The van der Waals surface area contributed by atoms with Crippen LogP contribution < -0.4 is 4.72 Å². The van der Waals surface area contributed by atoms with Gasteiger partial charge in [0.25, 0.3) is 10.0 Å². The first-order valence-corrected chi connectivity index (χ1v) is 9.04. The topological polar surface area (TPSA) is 85.3 Å². The second-order valence-electron chi connectivity index (χ2n) is 5.46. The molecule has 0 bridgehead atoms. The van der Waals surface area contributed by atoms with E-state index in [1.807, 2.05) is 32.9 Å².